The summed E-state index contributed by atoms with van der Waals surface area (Å²) in [6, 6.07) is 8.21. The zero-order valence-electron chi connectivity index (χ0n) is 11.4. The molecular formula is C14H24N2O. The van der Waals surface area contributed by atoms with E-state index in [9.17, 15) is 0 Å². The summed E-state index contributed by atoms with van der Waals surface area (Å²) in [5.41, 5.74) is 7.15. The Morgan fingerprint density at radius 2 is 2.06 bits per heavy atom. The number of likely N-dealkylation sites (N-methyl/N-ethyl adjacent to an activating group) is 1. The number of rotatable bonds is 6. The van der Waals surface area contributed by atoms with Gasteiger partial charge in [0.1, 0.15) is 5.75 Å². The molecule has 1 aromatic carbocycles. The molecule has 0 aromatic heterocycles. The maximum atomic E-state index is 5.99. The fourth-order valence-electron chi connectivity index (χ4n) is 1.92. The third-order valence-electron chi connectivity index (χ3n) is 2.59. The van der Waals surface area contributed by atoms with Crippen LogP contribution in [0.3, 0.4) is 0 Å². The van der Waals surface area contributed by atoms with Crippen molar-refractivity contribution in [3.05, 3.63) is 29.8 Å². The van der Waals surface area contributed by atoms with E-state index < -0.39 is 0 Å². The van der Waals surface area contributed by atoms with Crippen LogP contribution in [0.5, 0.6) is 5.75 Å². The molecular weight excluding hydrogens is 212 g/mol. The summed E-state index contributed by atoms with van der Waals surface area (Å²) < 4.78 is 5.21. The molecule has 0 heterocycles. The van der Waals surface area contributed by atoms with Crippen molar-refractivity contribution in [3.63, 3.8) is 0 Å². The first kappa shape index (κ1) is 14.0. The van der Waals surface area contributed by atoms with Gasteiger partial charge in [0.05, 0.1) is 7.11 Å². The average Bonchev–Trinajstić information content (AvgIpc) is 2.24. The monoisotopic (exact) mass is 236 g/mol. The van der Waals surface area contributed by atoms with Crippen molar-refractivity contribution in [2.45, 2.75) is 25.8 Å². The first-order valence-corrected chi connectivity index (χ1v) is 6.01. The predicted molar refractivity (Wildman–Crippen MR) is 72.5 cm³/mol. The van der Waals surface area contributed by atoms with Gasteiger partial charge in [-0.3, -0.25) is 0 Å². The molecule has 0 aliphatic carbocycles. The summed E-state index contributed by atoms with van der Waals surface area (Å²) >= 11 is 0. The van der Waals surface area contributed by atoms with Gasteiger partial charge in [-0.15, -0.1) is 0 Å². The molecule has 0 saturated carbocycles. The normalized spacial score (nSPS) is 11.9. The first-order chi connectivity index (χ1) is 7.90. The van der Waals surface area contributed by atoms with Gasteiger partial charge < -0.3 is 15.4 Å². The highest BCUT2D eigenvalue weighted by molar-refractivity contribution is 5.28. The van der Waals surface area contributed by atoms with Crippen molar-refractivity contribution in [2.75, 3.05) is 27.2 Å². The number of methoxy groups -OCH3 is 1. The van der Waals surface area contributed by atoms with E-state index in [0.29, 0.717) is 0 Å². The minimum absolute atomic E-state index is 0.136. The number of nitrogens with two attached hydrogens (primary N) is 1. The molecule has 0 aliphatic rings. The minimum atomic E-state index is -0.136. The lowest BCUT2D eigenvalue weighted by molar-refractivity contribution is 0.273. The van der Waals surface area contributed by atoms with Crippen LogP contribution in [0.2, 0.25) is 0 Å². The van der Waals surface area contributed by atoms with E-state index in [1.54, 1.807) is 7.11 Å². The number of hydrogen-bond acceptors (Lipinski definition) is 3. The van der Waals surface area contributed by atoms with Gasteiger partial charge in [-0.05, 0) is 45.0 Å². The van der Waals surface area contributed by atoms with Crippen LogP contribution in [0.15, 0.2) is 24.3 Å². The van der Waals surface area contributed by atoms with Gasteiger partial charge in [0, 0.05) is 18.6 Å². The van der Waals surface area contributed by atoms with E-state index >= 15 is 0 Å². The molecule has 0 aliphatic heterocycles. The number of ether oxygens (including phenoxy) is 1. The average molecular weight is 236 g/mol. The van der Waals surface area contributed by atoms with E-state index in [-0.39, 0.29) is 5.54 Å². The maximum Gasteiger partial charge on any atom is 0.119 e. The Morgan fingerprint density at radius 3 is 2.65 bits per heavy atom. The molecule has 1 rings (SSSR count). The highest BCUT2D eigenvalue weighted by Crippen LogP contribution is 2.13. The van der Waals surface area contributed by atoms with Crippen LogP contribution in [0.4, 0.5) is 0 Å². The van der Waals surface area contributed by atoms with E-state index in [0.717, 1.165) is 25.3 Å². The molecule has 17 heavy (non-hydrogen) atoms. The molecule has 2 N–H and O–H groups in total. The lowest BCUT2D eigenvalue weighted by atomic mass is 10.1. The Morgan fingerprint density at radius 1 is 1.35 bits per heavy atom. The molecule has 1 aromatic rings. The van der Waals surface area contributed by atoms with Crippen molar-refractivity contribution < 1.29 is 4.74 Å². The van der Waals surface area contributed by atoms with Crippen molar-refractivity contribution >= 4 is 0 Å². The van der Waals surface area contributed by atoms with Crippen LogP contribution in [0.1, 0.15) is 19.4 Å². The summed E-state index contributed by atoms with van der Waals surface area (Å²) in [5, 5.41) is 0. The minimum Gasteiger partial charge on any atom is -0.497 e. The molecule has 0 unspecified atom stereocenters. The van der Waals surface area contributed by atoms with Gasteiger partial charge in [-0.1, -0.05) is 12.1 Å². The zero-order chi connectivity index (χ0) is 12.9. The summed E-state index contributed by atoms with van der Waals surface area (Å²) in [5.74, 6) is 0.921. The largest absolute Gasteiger partial charge is 0.497 e. The number of nitrogens with zero attached hydrogens (tertiary/aromatic N) is 1. The quantitative estimate of drug-likeness (QED) is 0.820. The number of hydrogen-bond donors (Lipinski definition) is 1. The fraction of sp³-hybridized carbons (Fsp3) is 0.571. The lowest BCUT2D eigenvalue weighted by Crippen LogP contribution is -2.44. The maximum absolute atomic E-state index is 5.99. The Hall–Kier alpha value is -1.06. The topological polar surface area (TPSA) is 38.5 Å². The van der Waals surface area contributed by atoms with Crippen molar-refractivity contribution in [1.82, 2.24) is 4.90 Å². The molecule has 0 radical (unpaired) electrons. The second-order valence-electron chi connectivity index (χ2n) is 5.33. The second kappa shape index (κ2) is 6.03. The SMILES string of the molecule is COc1cccc(CCN(C)CC(C)(C)N)c1. The third-order valence-corrected chi connectivity index (χ3v) is 2.59. The molecule has 0 spiro atoms. The smallest absolute Gasteiger partial charge is 0.119 e. The van der Waals surface area contributed by atoms with Gasteiger partial charge in [-0.2, -0.15) is 0 Å². The molecule has 0 amide bonds. The molecule has 0 atom stereocenters. The van der Waals surface area contributed by atoms with Gasteiger partial charge in [-0.25, -0.2) is 0 Å². The molecule has 0 saturated heterocycles. The lowest BCUT2D eigenvalue weighted by Gasteiger charge is -2.26. The Kier molecular flexibility index (Phi) is 4.97. The van der Waals surface area contributed by atoms with Crippen LogP contribution in [-0.2, 0) is 6.42 Å². The van der Waals surface area contributed by atoms with Crippen LogP contribution in [0.25, 0.3) is 0 Å². The van der Waals surface area contributed by atoms with Crippen LogP contribution in [0, 0.1) is 0 Å². The van der Waals surface area contributed by atoms with E-state index in [1.807, 2.05) is 12.1 Å². The second-order valence-corrected chi connectivity index (χ2v) is 5.33. The summed E-state index contributed by atoms with van der Waals surface area (Å²) in [6.07, 6.45) is 1.02. The predicted octanol–water partition coefficient (Wildman–Crippen LogP) is 1.91. The van der Waals surface area contributed by atoms with Crippen LogP contribution >= 0.6 is 0 Å². The molecule has 3 heteroatoms. The van der Waals surface area contributed by atoms with Gasteiger partial charge in [0.2, 0.25) is 0 Å². The molecule has 0 bridgehead atoms. The van der Waals surface area contributed by atoms with Gasteiger partial charge in [0.25, 0.3) is 0 Å². The van der Waals surface area contributed by atoms with E-state index in [4.69, 9.17) is 10.5 Å². The third kappa shape index (κ3) is 5.71. The van der Waals surface area contributed by atoms with E-state index in [2.05, 4.69) is 37.9 Å². The van der Waals surface area contributed by atoms with Gasteiger partial charge >= 0.3 is 0 Å². The van der Waals surface area contributed by atoms with Crippen molar-refractivity contribution in [2.24, 2.45) is 5.73 Å². The Bertz CT molecular complexity index is 344. The Labute approximate surface area is 105 Å². The molecule has 0 fully saturated rings. The fourth-order valence-corrected chi connectivity index (χ4v) is 1.92. The van der Waals surface area contributed by atoms with Crippen LogP contribution in [-0.4, -0.2) is 37.7 Å². The number of benzene rings is 1. The standard InChI is InChI=1S/C14H24N2O/c1-14(2,15)11-16(3)9-8-12-6-5-7-13(10-12)17-4/h5-7,10H,8-9,11,15H2,1-4H3. The molecule has 3 nitrogen and oxygen atoms in total. The Balaban J connectivity index is 2.44. The summed E-state index contributed by atoms with van der Waals surface area (Å²) in [6.45, 7) is 6.01. The zero-order valence-corrected chi connectivity index (χ0v) is 11.4. The van der Waals surface area contributed by atoms with E-state index in [1.165, 1.54) is 5.56 Å². The van der Waals surface area contributed by atoms with Crippen molar-refractivity contribution in [1.29, 1.82) is 0 Å². The first-order valence-electron chi connectivity index (χ1n) is 6.01. The molecule has 96 valence electrons. The van der Waals surface area contributed by atoms with Gasteiger partial charge in [0.15, 0.2) is 0 Å². The van der Waals surface area contributed by atoms with Crippen molar-refractivity contribution in [3.8, 4) is 5.75 Å². The highest BCUT2D eigenvalue weighted by atomic mass is 16.5. The van der Waals surface area contributed by atoms with Crippen LogP contribution < -0.4 is 10.5 Å². The summed E-state index contributed by atoms with van der Waals surface area (Å²) in [7, 11) is 3.80. The summed E-state index contributed by atoms with van der Waals surface area (Å²) in [4.78, 5) is 2.26. The highest BCUT2D eigenvalue weighted by Gasteiger charge is 2.13.